The molecule has 1 rings (SSSR count). The van der Waals surface area contributed by atoms with Gasteiger partial charge in [0, 0.05) is 17.1 Å². The summed E-state index contributed by atoms with van der Waals surface area (Å²) in [5.41, 5.74) is 1.12. The van der Waals surface area contributed by atoms with Crippen LogP contribution in [0.2, 0.25) is 0 Å². The first-order valence-electron chi connectivity index (χ1n) is 7.66. The fourth-order valence-electron chi connectivity index (χ4n) is 2.27. The quantitative estimate of drug-likeness (QED) is 0.679. The van der Waals surface area contributed by atoms with Crippen molar-refractivity contribution in [1.82, 2.24) is 15.5 Å². The number of hydrogen-bond donors (Lipinski definition) is 2. The molecule has 1 unspecified atom stereocenters. The lowest BCUT2D eigenvalue weighted by Crippen LogP contribution is -2.45. The highest BCUT2D eigenvalue weighted by molar-refractivity contribution is 9.10. The lowest BCUT2D eigenvalue weighted by atomic mass is 10.1. The lowest BCUT2D eigenvalue weighted by Gasteiger charge is -2.29. The van der Waals surface area contributed by atoms with Gasteiger partial charge in [0.15, 0.2) is 0 Å². The van der Waals surface area contributed by atoms with Crippen molar-refractivity contribution >= 4 is 27.9 Å². The molecular formula is C17H24BrN3O2. The van der Waals surface area contributed by atoms with E-state index in [9.17, 15) is 9.59 Å². The number of imide groups is 1. The van der Waals surface area contributed by atoms with Crippen LogP contribution >= 0.6 is 15.9 Å². The number of carbonyl (C=O) groups excluding carboxylic acids is 2. The van der Waals surface area contributed by atoms with E-state index < -0.39 is 6.03 Å². The number of rotatable bonds is 8. The van der Waals surface area contributed by atoms with Gasteiger partial charge in [-0.15, -0.1) is 6.58 Å². The van der Waals surface area contributed by atoms with Crippen molar-refractivity contribution in [1.29, 1.82) is 0 Å². The molecule has 0 bridgehead atoms. The molecule has 2 N–H and O–H groups in total. The van der Waals surface area contributed by atoms with Crippen LogP contribution in [-0.4, -0.2) is 36.5 Å². The third kappa shape index (κ3) is 6.54. The van der Waals surface area contributed by atoms with Crippen molar-refractivity contribution in [3.63, 3.8) is 0 Å². The molecule has 0 aromatic heterocycles. The number of amides is 3. The minimum absolute atomic E-state index is 0.0625. The van der Waals surface area contributed by atoms with Crippen LogP contribution in [0.3, 0.4) is 0 Å². The van der Waals surface area contributed by atoms with E-state index in [-0.39, 0.29) is 18.5 Å². The van der Waals surface area contributed by atoms with Crippen molar-refractivity contribution in [2.45, 2.75) is 26.3 Å². The lowest BCUT2D eigenvalue weighted by molar-refractivity contribution is -0.121. The molecule has 126 valence electrons. The van der Waals surface area contributed by atoms with E-state index in [4.69, 9.17) is 0 Å². The van der Waals surface area contributed by atoms with Gasteiger partial charge in [-0.05, 0) is 31.5 Å². The minimum atomic E-state index is -0.500. The highest BCUT2D eigenvalue weighted by atomic mass is 79.9. The van der Waals surface area contributed by atoms with E-state index in [1.54, 1.807) is 6.08 Å². The molecule has 6 heteroatoms. The molecule has 0 aliphatic carbocycles. The molecule has 5 nitrogen and oxygen atoms in total. The first kappa shape index (κ1) is 19.4. The average Bonchev–Trinajstić information content (AvgIpc) is 2.52. The molecule has 0 aliphatic heterocycles. The third-order valence-electron chi connectivity index (χ3n) is 3.42. The molecule has 1 aromatic carbocycles. The second-order valence-electron chi connectivity index (χ2n) is 5.21. The Labute approximate surface area is 146 Å². The molecule has 0 saturated heterocycles. The number of urea groups is 1. The van der Waals surface area contributed by atoms with Gasteiger partial charge in [-0.3, -0.25) is 15.0 Å². The Balaban J connectivity index is 2.71. The van der Waals surface area contributed by atoms with Crippen molar-refractivity contribution in [3.8, 4) is 0 Å². The van der Waals surface area contributed by atoms with Crippen LogP contribution in [0.25, 0.3) is 0 Å². The van der Waals surface area contributed by atoms with Crippen LogP contribution in [0.5, 0.6) is 0 Å². The molecule has 1 atom stereocenters. The number of benzene rings is 1. The Morgan fingerprint density at radius 2 is 2.09 bits per heavy atom. The number of carbonyl (C=O) groups is 2. The van der Waals surface area contributed by atoms with E-state index in [0.29, 0.717) is 6.54 Å². The maximum atomic E-state index is 12.1. The standard InChI is InChI=1S/C17H24BrN3O2/c1-4-10-19-17(23)20-16(22)12-21(11-5-2)13(3)14-8-6-7-9-15(14)18/h4,6-9,13H,1,5,10-12H2,2-3H3,(H2,19,20,22,23). The smallest absolute Gasteiger partial charge is 0.321 e. The van der Waals surface area contributed by atoms with Crippen molar-refractivity contribution in [2.24, 2.45) is 0 Å². The normalized spacial score (nSPS) is 11.8. The maximum Gasteiger partial charge on any atom is 0.321 e. The van der Waals surface area contributed by atoms with Gasteiger partial charge in [-0.2, -0.15) is 0 Å². The highest BCUT2D eigenvalue weighted by Gasteiger charge is 2.20. The first-order chi connectivity index (χ1) is 11.0. The summed E-state index contributed by atoms with van der Waals surface area (Å²) in [6.07, 6.45) is 2.48. The maximum absolute atomic E-state index is 12.1. The second kappa shape index (κ2) is 10.2. The van der Waals surface area contributed by atoms with Crippen LogP contribution < -0.4 is 10.6 Å². The number of nitrogens with one attached hydrogen (secondary N) is 2. The van der Waals surface area contributed by atoms with Crippen LogP contribution in [0.1, 0.15) is 31.9 Å². The van der Waals surface area contributed by atoms with E-state index in [1.807, 2.05) is 24.3 Å². The van der Waals surface area contributed by atoms with Crippen molar-refractivity contribution in [2.75, 3.05) is 19.6 Å². The van der Waals surface area contributed by atoms with Crippen LogP contribution in [-0.2, 0) is 4.79 Å². The van der Waals surface area contributed by atoms with Gasteiger partial charge in [0.1, 0.15) is 0 Å². The molecule has 23 heavy (non-hydrogen) atoms. The number of hydrogen-bond acceptors (Lipinski definition) is 3. The summed E-state index contributed by atoms with van der Waals surface area (Å²) < 4.78 is 1.01. The molecular weight excluding hydrogens is 358 g/mol. The zero-order valence-corrected chi connectivity index (χ0v) is 15.2. The predicted molar refractivity (Wildman–Crippen MR) is 96.2 cm³/mol. The zero-order valence-electron chi connectivity index (χ0n) is 13.6. The number of halogens is 1. The topological polar surface area (TPSA) is 61.4 Å². The van der Waals surface area contributed by atoms with Gasteiger partial charge in [-0.25, -0.2) is 4.79 Å². The summed E-state index contributed by atoms with van der Waals surface area (Å²) in [4.78, 5) is 25.7. The summed E-state index contributed by atoms with van der Waals surface area (Å²) in [6, 6.07) is 7.52. The average molecular weight is 382 g/mol. The molecule has 0 radical (unpaired) electrons. The Morgan fingerprint density at radius 1 is 1.39 bits per heavy atom. The SMILES string of the molecule is C=CCNC(=O)NC(=O)CN(CCC)C(C)c1ccccc1Br. The Bertz CT molecular complexity index is 548. The molecule has 0 spiro atoms. The van der Waals surface area contributed by atoms with Crippen LogP contribution in [0, 0.1) is 0 Å². The summed E-state index contributed by atoms with van der Waals surface area (Å²) in [5, 5.41) is 4.86. The van der Waals surface area contributed by atoms with Crippen LogP contribution in [0.4, 0.5) is 4.79 Å². The predicted octanol–water partition coefficient (Wildman–Crippen LogP) is 3.23. The number of nitrogens with zero attached hydrogens (tertiary/aromatic N) is 1. The molecule has 3 amide bonds. The summed E-state index contributed by atoms with van der Waals surface area (Å²) in [6.45, 7) is 8.89. The Kier molecular flexibility index (Phi) is 8.58. The van der Waals surface area contributed by atoms with E-state index in [2.05, 4.69) is 51.9 Å². The Morgan fingerprint density at radius 3 is 2.70 bits per heavy atom. The summed E-state index contributed by atoms with van der Waals surface area (Å²) >= 11 is 3.55. The molecule has 0 heterocycles. The van der Waals surface area contributed by atoms with E-state index >= 15 is 0 Å². The fourth-order valence-corrected chi connectivity index (χ4v) is 2.88. The second-order valence-corrected chi connectivity index (χ2v) is 6.07. The molecule has 0 saturated carbocycles. The molecule has 0 fully saturated rings. The first-order valence-corrected chi connectivity index (χ1v) is 8.45. The van der Waals surface area contributed by atoms with Gasteiger partial charge >= 0.3 is 6.03 Å². The van der Waals surface area contributed by atoms with Crippen molar-refractivity contribution < 1.29 is 9.59 Å². The minimum Gasteiger partial charge on any atom is -0.334 e. The van der Waals surface area contributed by atoms with Gasteiger partial charge in [0.05, 0.1) is 6.54 Å². The van der Waals surface area contributed by atoms with E-state index in [0.717, 1.165) is 23.0 Å². The van der Waals surface area contributed by atoms with Gasteiger partial charge in [-0.1, -0.05) is 47.1 Å². The summed E-state index contributed by atoms with van der Waals surface area (Å²) in [7, 11) is 0. The van der Waals surface area contributed by atoms with Crippen LogP contribution in [0.15, 0.2) is 41.4 Å². The monoisotopic (exact) mass is 381 g/mol. The van der Waals surface area contributed by atoms with Gasteiger partial charge in [0.2, 0.25) is 5.91 Å². The molecule has 1 aromatic rings. The largest absolute Gasteiger partial charge is 0.334 e. The molecule has 0 aliphatic rings. The van der Waals surface area contributed by atoms with E-state index in [1.165, 1.54) is 0 Å². The summed E-state index contributed by atoms with van der Waals surface area (Å²) in [5.74, 6) is -0.320. The third-order valence-corrected chi connectivity index (χ3v) is 4.14. The van der Waals surface area contributed by atoms with Crippen molar-refractivity contribution in [3.05, 3.63) is 47.0 Å². The zero-order chi connectivity index (χ0) is 17.2. The fraction of sp³-hybridized carbons (Fsp3) is 0.412. The Hall–Kier alpha value is -1.66. The highest BCUT2D eigenvalue weighted by Crippen LogP contribution is 2.27. The van der Waals surface area contributed by atoms with Gasteiger partial charge < -0.3 is 5.32 Å². The van der Waals surface area contributed by atoms with Gasteiger partial charge in [0.25, 0.3) is 0 Å².